The lowest BCUT2D eigenvalue weighted by atomic mass is 9.86. The molecule has 0 aliphatic carbocycles. The predicted octanol–water partition coefficient (Wildman–Crippen LogP) is 6.78. The van der Waals surface area contributed by atoms with Gasteiger partial charge in [0.05, 0.1) is 6.04 Å². The molecule has 3 unspecified atom stereocenters. The van der Waals surface area contributed by atoms with E-state index in [0.29, 0.717) is 5.76 Å². The lowest BCUT2D eigenvalue weighted by Gasteiger charge is -2.25. The summed E-state index contributed by atoms with van der Waals surface area (Å²) in [5, 5.41) is 4.04. The Morgan fingerprint density at radius 1 is 0.964 bits per heavy atom. The second-order valence-electron chi connectivity index (χ2n) is 6.80. The van der Waals surface area contributed by atoms with Gasteiger partial charge in [-0.2, -0.15) is 0 Å². The molecule has 1 aliphatic rings. The average Bonchev–Trinajstić information content (AvgIpc) is 3.12. The quantitative estimate of drug-likeness (QED) is 0.278. The van der Waals surface area contributed by atoms with Crippen molar-refractivity contribution in [3.63, 3.8) is 0 Å². The molecule has 3 aromatic rings. The number of hydrogen-bond donors (Lipinski definition) is 0. The van der Waals surface area contributed by atoms with Crippen LogP contribution < -0.4 is 0 Å². The summed E-state index contributed by atoms with van der Waals surface area (Å²) in [6, 6.07) is 26.4. The zero-order chi connectivity index (χ0) is 20.3. The smallest absolute Gasteiger partial charge is 0.131 e. The third kappa shape index (κ3) is 3.64. The van der Waals surface area contributed by atoms with Gasteiger partial charge < -0.3 is 4.74 Å². The molecule has 3 aromatic carbocycles. The normalized spacial score (nSPS) is 22.4. The van der Waals surface area contributed by atoms with E-state index in [2.05, 4.69) is 10.0 Å². The first-order valence-electron chi connectivity index (χ1n) is 9.72. The Kier molecular flexibility index (Phi) is 4.78. The summed E-state index contributed by atoms with van der Waals surface area (Å²) in [4.78, 5) is 3.06. The van der Waals surface area contributed by atoms with Gasteiger partial charge in [-0.25, -0.2) is 0 Å². The molecule has 138 valence electrons. The van der Waals surface area contributed by atoms with E-state index < -0.39 is 18.0 Å². The Bertz CT molecular complexity index is 1060. The van der Waals surface area contributed by atoms with Crippen molar-refractivity contribution in [1.29, 1.82) is 0 Å². The maximum Gasteiger partial charge on any atom is 0.131 e. The van der Waals surface area contributed by atoms with Gasteiger partial charge in [0.15, 0.2) is 0 Å². The number of ether oxygens (including phenoxy) is 1. The molecule has 0 amide bonds. The predicted molar refractivity (Wildman–Crippen MR) is 111 cm³/mol. The van der Waals surface area contributed by atoms with Crippen LogP contribution in [0.2, 0.25) is 0 Å². The van der Waals surface area contributed by atoms with E-state index >= 15 is 0 Å². The Hall–Kier alpha value is -3.49. The third-order valence-corrected chi connectivity index (χ3v) is 4.88. The van der Waals surface area contributed by atoms with Crippen LogP contribution in [0.5, 0.6) is 0 Å². The van der Waals surface area contributed by atoms with E-state index in [4.69, 9.17) is 4.74 Å². The SMILES string of the molecule is [2H]C1(C(N=[N+]=[N-])c2ccccc2)C=C(c2ccccc2)OC1c1ccc(C)cc1. The van der Waals surface area contributed by atoms with Crippen LogP contribution in [0.1, 0.15) is 35.8 Å². The van der Waals surface area contributed by atoms with Crippen LogP contribution in [0.25, 0.3) is 16.2 Å². The Balaban J connectivity index is 1.86. The van der Waals surface area contributed by atoms with Crippen LogP contribution >= 0.6 is 0 Å². The van der Waals surface area contributed by atoms with Crippen LogP contribution in [0.15, 0.2) is 96.1 Å². The minimum absolute atomic E-state index is 0.603. The topological polar surface area (TPSA) is 58.0 Å². The summed E-state index contributed by atoms with van der Waals surface area (Å²) in [6.07, 6.45) is 1.19. The lowest BCUT2D eigenvalue weighted by molar-refractivity contribution is 0.141. The van der Waals surface area contributed by atoms with E-state index in [1.165, 1.54) is 0 Å². The maximum absolute atomic E-state index is 9.44. The lowest BCUT2D eigenvalue weighted by Crippen LogP contribution is -2.15. The van der Waals surface area contributed by atoms with Crippen LogP contribution in [-0.2, 0) is 4.74 Å². The maximum atomic E-state index is 9.44. The highest BCUT2D eigenvalue weighted by atomic mass is 16.5. The van der Waals surface area contributed by atoms with Crippen molar-refractivity contribution in [2.75, 3.05) is 0 Å². The van der Waals surface area contributed by atoms with Crippen LogP contribution in [0.4, 0.5) is 0 Å². The molecular weight excluding hydrogens is 346 g/mol. The first-order valence-corrected chi connectivity index (χ1v) is 9.22. The fraction of sp³-hybridized carbons (Fsp3) is 0.167. The van der Waals surface area contributed by atoms with Crippen LogP contribution in [0, 0.1) is 12.8 Å². The van der Waals surface area contributed by atoms with Gasteiger partial charge in [-0.05, 0) is 29.7 Å². The molecule has 0 N–H and O–H groups in total. The minimum Gasteiger partial charge on any atom is -0.485 e. The number of azide groups is 1. The number of nitrogens with zero attached hydrogens (tertiary/aromatic N) is 3. The summed E-state index contributed by atoms with van der Waals surface area (Å²) in [7, 11) is 0. The summed E-state index contributed by atoms with van der Waals surface area (Å²) >= 11 is 0. The largest absolute Gasteiger partial charge is 0.485 e. The van der Waals surface area contributed by atoms with Crippen molar-refractivity contribution in [1.82, 2.24) is 0 Å². The fourth-order valence-electron chi connectivity index (χ4n) is 3.45. The zero-order valence-electron chi connectivity index (χ0n) is 16.6. The van der Waals surface area contributed by atoms with E-state index in [-0.39, 0.29) is 0 Å². The number of benzene rings is 3. The molecule has 0 bridgehead atoms. The molecule has 0 saturated carbocycles. The van der Waals surface area contributed by atoms with Crippen molar-refractivity contribution in [2.24, 2.45) is 11.0 Å². The molecule has 0 saturated heterocycles. The van der Waals surface area contributed by atoms with Gasteiger partial charge in [-0.3, -0.25) is 0 Å². The van der Waals surface area contributed by atoms with Gasteiger partial charge in [0.1, 0.15) is 11.9 Å². The number of hydrogen-bond acceptors (Lipinski definition) is 2. The molecule has 0 radical (unpaired) electrons. The van der Waals surface area contributed by atoms with Crippen molar-refractivity contribution < 1.29 is 6.11 Å². The Labute approximate surface area is 166 Å². The van der Waals surface area contributed by atoms with Gasteiger partial charge in [0, 0.05) is 17.7 Å². The molecule has 0 aromatic heterocycles. The highest BCUT2D eigenvalue weighted by Crippen LogP contribution is 2.47. The van der Waals surface area contributed by atoms with Crippen LogP contribution in [0.3, 0.4) is 0 Å². The van der Waals surface area contributed by atoms with Gasteiger partial charge in [-0.1, -0.05) is 95.6 Å². The van der Waals surface area contributed by atoms with E-state index in [1.807, 2.05) is 91.9 Å². The molecule has 4 nitrogen and oxygen atoms in total. The molecule has 3 atom stereocenters. The van der Waals surface area contributed by atoms with Gasteiger partial charge in [0.25, 0.3) is 0 Å². The molecule has 1 aliphatic heterocycles. The number of aryl methyl sites for hydroxylation is 1. The summed E-state index contributed by atoms with van der Waals surface area (Å²) in [5.41, 5.74) is 13.0. The fourth-order valence-corrected chi connectivity index (χ4v) is 3.45. The van der Waals surface area contributed by atoms with Crippen molar-refractivity contribution in [3.8, 4) is 0 Å². The van der Waals surface area contributed by atoms with Crippen molar-refractivity contribution in [2.45, 2.75) is 19.1 Å². The Morgan fingerprint density at radius 2 is 1.61 bits per heavy atom. The molecule has 28 heavy (non-hydrogen) atoms. The monoisotopic (exact) mass is 368 g/mol. The standard InChI is InChI=1S/C24H21N3O/c1-17-12-14-20(15-13-17)24-21(16-22(28-24)18-8-4-2-5-9-18)23(26-27-25)19-10-6-3-7-11-19/h2-16,21,23-24H,1H3/i21D. The van der Waals surface area contributed by atoms with Crippen molar-refractivity contribution >= 4 is 5.76 Å². The second kappa shape index (κ2) is 8.03. The molecule has 0 fully saturated rings. The molecule has 0 spiro atoms. The second-order valence-corrected chi connectivity index (χ2v) is 6.80. The number of rotatable bonds is 5. The zero-order valence-corrected chi connectivity index (χ0v) is 15.6. The summed E-state index contributed by atoms with van der Waals surface area (Å²) in [6.45, 7) is 2.02. The van der Waals surface area contributed by atoms with Gasteiger partial charge >= 0.3 is 0 Å². The van der Waals surface area contributed by atoms with Crippen molar-refractivity contribution in [3.05, 3.63) is 124 Å². The first-order chi connectivity index (χ1) is 14.1. The van der Waals surface area contributed by atoms with Crippen LogP contribution in [-0.4, -0.2) is 0 Å². The van der Waals surface area contributed by atoms with Gasteiger partial charge in [0.2, 0.25) is 0 Å². The Morgan fingerprint density at radius 3 is 2.25 bits per heavy atom. The van der Waals surface area contributed by atoms with E-state index in [1.54, 1.807) is 6.08 Å². The molecular formula is C24H21N3O. The van der Waals surface area contributed by atoms with E-state index in [9.17, 15) is 6.90 Å². The molecule has 1 heterocycles. The highest BCUT2D eigenvalue weighted by Gasteiger charge is 2.37. The average molecular weight is 368 g/mol. The van der Waals surface area contributed by atoms with E-state index in [0.717, 1.165) is 22.3 Å². The first kappa shape index (κ1) is 16.7. The summed E-state index contributed by atoms with van der Waals surface area (Å²) < 4.78 is 15.8. The molecule has 4 heteroatoms. The van der Waals surface area contributed by atoms with Gasteiger partial charge in [-0.15, -0.1) is 0 Å². The minimum atomic E-state index is -1.30. The highest BCUT2D eigenvalue weighted by molar-refractivity contribution is 5.62. The third-order valence-electron chi connectivity index (χ3n) is 4.88. The molecule has 4 rings (SSSR count). The summed E-state index contributed by atoms with van der Waals surface area (Å²) in [5.74, 6) is -0.672.